The Balaban J connectivity index is 1.31. The van der Waals surface area contributed by atoms with Crippen LogP contribution in [0, 0.1) is 0 Å². The third-order valence-electron chi connectivity index (χ3n) is 3.96. The van der Waals surface area contributed by atoms with Crippen LogP contribution in [0.4, 0.5) is 0 Å². The smallest absolute Gasteiger partial charge is 0.220 e. The van der Waals surface area contributed by atoms with Crippen LogP contribution in [0.15, 0.2) is 24.4 Å². The predicted octanol–water partition coefficient (Wildman–Crippen LogP) is 3.10. The van der Waals surface area contributed by atoms with Crippen molar-refractivity contribution in [2.45, 2.75) is 43.8 Å². The Kier molecular flexibility index (Phi) is 6.21. The number of fused-ring (bicyclic) bond motifs is 1. The maximum absolute atomic E-state index is 11.9. The molecule has 3 heterocycles. The van der Waals surface area contributed by atoms with E-state index in [1.807, 2.05) is 50.4 Å². The molecule has 0 saturated carbocycles. The monoisotopic (exact) mass is 350 g/mol. The van der Waals surface area contributed by atoms with Crippen LogP contribution in [0.25, 0.3) is 5.65 Å². The summed E-state index contributed by atoms with van der Waals surface area (Å²) in [4.78, 5) is 11.9. The highest BCUT2D eigenvalue weighted by Crippen LogP contribution is 2.39. The van der Waals surface area contributed by atoms with Gasteiger partial charge >= 0.3 is 0 Å². The summed E-state index contributed by atoms with van der Waals surface area (Å²) in [5.74, 6) is 2.32. The molecule has 124 valence electrons. The van der Waals surface area contributed by atoms with Crippen LogP contribution in [-0.4, -0.2) is 38.1 Å². The van der Waals surface area contributed by atoms with Gasteiger partial charge < -0.3 is 5.32 Å². The lowest BCUT2D eigenvalue weighted by Gasteiger charge is -2.07. The van der Waals surface area contributed by atoms with Crippen LogP contribution < -0.4 is 5.32 Å². The Labute approximate surface area is 144 Å². The Hall–Kier alpha value is -1.21. The van der Waals surface area contributed by atoms with Crippen molar-refractivity contribution < 1.29 is 4.79 Å². The summed E-state index contributed by atoms with van der Waals surface area (Å²) in [5.41, 5.74) is 0.844. The molecule has 3 rings (SSSR count). The van der Waals surface area contributed by atoms with E-state index >= 15 is 0 Å². The molecule has 1 saturated heterocycles. The minimum Gasteiger partial charge on any atom is -0.356 e. The summed E-state index contributed by atoms with van der Waals surface area (Å²) in [6.45, 7) is 0.615. The molecule has 0 unspecified atom stereocenters. The van der Waals surface area contributed by atoms with E-state index in [9.17, 15) is 4.79 Å². The number of hydrogen-bond acceptors (Lipinski definition) is 5. The van der Waals surface area contributed by atoms with E-state index in [1.54, 1.807) is 0 Å². The molecule has 0 bridgehead atoms. The van der Waals surface area contributed by atoms with E-state index in [2.05, 4.69) is 15.5 Å². The minimum atomic E-state index is 0.146. The molecule has 1 aliphatic heterocycles. The molecular formula is C16H22N4OS2. The first-order chi connectivity index (χ1) is 11.3. The number of carbonyl (C=O) groups is 1. The number of pyridine rings is 1. The third-order valence-corrected chi connectivity index (χ3v) is 6.97. The number of aromatic nitrogens is 3. The van der Waals surface area contributed by atoms with Gasteiger partial charge in [0.25, 0.3) is 0 Å². The number of hydrogen-bond donors (Lipinski definition) is 1. The van der Waals surface area contributed by atoms with Crippen molar-refractivity contribution in [3.05, 3.63) is 30.2 Å². The van der Waals surface area contributed by atoms with E-state index in [0.717, 1.165) is 29.6 Å². The van der Waals surface area contributed by atoms with Crippen molar-refractivity contribution in [2.75, 3.05) is 12.3 Å². The fraction of sp³-hybridized carbons (Fsp3) is 0.562. The highest BCUT2D eigenvalue weighted by atomic mass is 33.1. The fourth-order valence-corrected chi connectivity index (χ4v) is 5.71. The van der Waals surface area contributed by atoms with Crippen LogP contribution in [-0.2, 0) is 11.2 Å². The largest absolute Gasteiger partial charge is 0.356 e. The van der Waals surface area contributed by atoms with E-state index in [1.165, 1.54) is 18.6 Å². The number of rotatable bonds is 8. The number of amides is 1. The molecular weight excluding hydrogens is 328 g/mol. The number of nitrogens with zero attached hydrogens (tertiary/aromatic N) is 3. The topological polar surface area (TPSA) is 59.3 Å². The molecule has 1 fully saturated rings. The van der Waals surface area contributed by atoms with E-state index in [0.29, 0.717) is 19.4 Å². The maximum atomic E-state index is 11.9. The van der Waals surface area contributed by atoms with Gasteiger partial charge in [-0.3, -0.25) is 9.20 Å². The van der Waals surface area contributed by atoms with Gasteiger partial charge in [0.05, 0.1) is 0 Å². The van der Waals surface area contributed by atoms with Gasteiger partial charge in [0.15, 0.2) is 5.65 Å². The fourth-order valence-electron chi connectivity index (χ4n) is 2.69. The molecule has 0 spiro atoms. The van der Waals surface area contributed by atoms with Gasteiger partial charge in [-0.15, -0.1) is 10.2 Å². The molecule has 5 nitrogen and oxygen atoms in total. The lowest BCUT2D eigenvalue weighted by atomic mass is 10.1. The maximum Gasteiger partial charge on any atom is 0.220 e. The summed E-state index contributed by atoms with van der Waals surface area (Å²) in [6, 6.07) is 5.83. The Morgan fingerprint density at radius 3 is 3.17 bits per heavy atom. The lowest BCUT2D eigenvalue weighted by Crippen LogP contribution is -2.25. The Morgan fingerprint density at radius 2 is 2.30 bits per heavy atom. The standard InChI is InChI=1S/C16H22N4OS2/c21-16(7-2-1-5-13-9-12-22-23-13)17-10-8-15-19-18-14-6-3-4-11-20(14)15/h3-4,6,11,13H,1-2,5,7-10,12H2,(H,17,21)/t13-/m0/s1. The summed E-state index contributed by atoms with van der Waals surface area (Å²) in [6.07, 6.45) is 8.00. The van der Waals surface area contributed by atoms with Crippen molar-refractivity contribution in [3.8, 4) is 0 Å². The zero-order valence-electron chi connectivity index (χ0n) is 13.1. The molecule has 0 aliphatic carbocycles. The van der Waals surface area contributed by atoms with Crippen LogP contribution >= 0.6 is 21.6 Å². The van der Waals surface area contributed by atoms with E-state index in [4.69, 9.17) is 0 Å². The second-order valence-electron chi connectivity index (χ2n) is 5.72. The second-order valence-corrected chi connectivity index (χ2v) is 8.51. The summed E-state index contributed by atoms with van der Waals surface area (Å²) in [7, 11) is 4.00. The zero-order chi connectivity index (χ0) is 15.9. The zero-order valence-corrected chi connectivity index (χ0v) is 14.7. The van der Waals surface area contributed by atoms with Crippen molar-refractivity contribution in [2.24, 2.45) is 0 Å². The van der Waals surface area contributed by atoms with Crippen LogP contribution in [0.1, 0.15) is 37.9 Å². The van der Waals surface area contributed by atoms with Crippen molar-refractivity contribution in [1.29, 1.82) is 0 Å². The van der Waals surface area contributed by atoms with Crippen molar-refractivity contribution in [3.63, 3.8) is 0 Å². The average molecular weight is 351 g/mol. The lowest BCUT2D eigenvalue weighted by molar-refractivity contribution is -0.121. The Bertz CT molecular complexity index is 640. The molecule has 7 heteroatoms. The molecule has 1 atom stereocenters. The van der Waals surface area contributed by atoms with Gasteiger partial charge in [-0.05, 0) is 31.4 Å². The Morgan fingerprint density at radius 1 is 1.35 bits per heavy atom. The van der Waals surface area contributed by atoms with E-state index in [-0.39, 0.29) is 5.91 Å². The van der Waals surface area contributed by atoms with Gasteiger partial charge in [0.2, 0.25) is 5.91 Å². The molecule has 0 radical (unpaired) electrons. The van der Waals surface area contributed by atoms with Crippen LogP contribution in [0.2, 0.25) is 0 Å². The average Bonchev–Trinajstić information content (AvgIpc) is 3.22. The summed E-state index contributed by atoms with van der Waals surface area (Å²) >= 11 is 0. The molecule has 1 amide bonds. The first kappa shape index (κ1) is 16.6. The predicted molar refractivity (Wildman–Crippen MR) is 96.6 cm³/mol. The van der Waals surface area contributed by atoms with Crippen LogP contribution in [0.3, 0.4) is 0 Å². The van der Waals surface area contributed by atoms with Gasteiger partial charge in [0, 0.05) is 36.6 Å². The summed E-state index contributed by atoms with van der Waals surface area (Å²) in [5, 5.41) is 12.1. The first-order valence-corrected chi connectivity index (χ1v) is 10.5. The molecule has 1 aliphatic rings. The van der Waals surface area contributed by atoms with Crippen molar-refractivity contribution in [1.82, 2.24) is 19.9 Å². The van der Waals surface area contributed by atoms with Gasteiger partial charge in [0.1, 0.15) is 5.82 Å². The van der Waals surface area contributed by atoms with Crippen LogP contribution in [0.5, 0.6) is 0 Å². The second kappa shape index (κ2) is 8.59. The number of nitrogens with one attached hydrogen (secondary N) is 1. The summed E-state index contributed by atoms with van der Waals surface area (Å²) < 4.78 is 1.96. The van der Waals surface area contributed by atoms with E-state index < -0.39 is 0 Å². The van der Waals surface area contributed by atoms with Crippen molar-refractivity contribution >= 4 is 33.1 Å². The van der Waals surface area contributed by atoms with Gasteiger partial charge in [-0.1, -0.05) is 34.1 Å². The molecule has 2 aromatic heterocycles. The van der Waals surface area contributed by atoms with Gasteiger partial charge in [-0.25, -0.2) is 0 Å². The highest BCUT2D eigenvalue weighted by Gasteiger charge is 2.15. The molecule has 2 aromatic rings. The third kappa shape index (κ3) is 4.88. The molecule has 23 heavy (non-hydrogen) atoms. The minimum absolute atomic E-state index is 0.146. The van der Waals surface area contributed by atoms with Gasteiger partial charge in [-0.2, -0.15) is 0 Å². The first-order valence-electron chi connectivity index (χ1n) is 8.16. The number of carbonyl (C=O) groups excluding carboxylic acids is 1. The highest BCUT2D eigenvalue weighted by molar-refractivity contribution is 8.77. The molecule has 0 aromatic carbocycles. The quantitative estimate of drug-likeness (QED) is 0.585. The number of unbranched alkanes of at least 4 members (excludes halogenated alkanes) is 1. The molecule has 1 N–H and O–H groups in total. The SMILES string of the molecule is O=C(CCCC[C@H]1CCSS1)NCCc1nnc2ccccn12. The normalized spacial score (nSPS) is 17.7.